The first-order chi connectivity index (χ1) is 9.16. The van der Waals surface area contributed by atoms with Gasteiger partial charge in [0.1, 0.15) is 0 Å². The average molecular weight is 263 g/mol. The summed E-state index contributed by atoms with van der Waals surface area (Å²) < 4.78 is 0. The number of aromatic hydroxyl groups is 2. The van der Waals surface area contributed by atoms with Gasteiger partial charge in [-0.2, -0.15) is 0 Å². The Hall–Kier alpha value is -1.71. The van der Waals surface area contributed by atoms with Gasteiger partial charge in [-0.05, 0) is 49.8 Å². The molecule has 0 aliphatic carbocycles. The van der Waals surface area contributed by atoms with Gasteiger partial charge in [-0.3, -0.25) is 4.79 Å². The minimum absolute atomic E-state index is 0.0781. The topological polar surface area (TPSA) is 60.8 Å². The molecule has 0 bridgehead atoms. The first-order valence-electron chi connectivity index (χ1n) is 6.95. The molecule has 4 heteroatoms. The molecule has 0 saturated carbocycles. The third-order valence-electron chi connectivity index (χ3n) is 3.60. The number of rotatable bonds is 5. The SMILES string of the molecule is O=C(CCCCc1ccc(O)c(O)c1)N1CCCC1. The molecule has 1 aromatic carbocycles. The second kappa shape index (κ2) is 6.45. The number of amides is 1. The van der Waals surface area contributed by atoms with Gasteiger partial charge in [-0.1, -0.05) is 6.07 Å². The van der Waals surface area contributed by atoms with Gasteiger partial charge < -0.3 is 15.1 Å². The summed E-state index contributed by atoms with van der Waals surface area (Å²) in [4.78, 5) is 13.8. The molecular weight excluding hydrogens is 242 g/mol. The van der Waals surface area contributed by atoms with E-state index in [1.807, 2.05) is 4.90 Å². The second-order valence-corrected chi connectivity index (χ2v) is 5.12. The molecule has 19 heavy (non-hydrogen) atoms. The molecule has 1 aliphatic rings. The Balaban J connectivity index is 1.68. The number of phenolic OH excluding ortho intramolecular Hbond substituents is 2. The van der Waals surface area contributed by atoms with Crippen molar-refractivity contribution in [2.75, 3.05) is 13.1 Å². The van der Waals surface area contributed by atoms with E-state index in [2.05, 4.69) is 0 Å². The van der Waals surface area contributed by atoms with Crippen LogP contribution in [0.2, 0.25) is 0 Å². The van der Waals surface area contributed by atoms with Gasteiger partial charge in [0.15, 0.2) is 11.5 Å². The summed E-state index contributed by atoms with van der Waals surface area (Å²) in [7, 11) is 0. The molecule has 0 atom stereocenters. The molecular formula is C15H21NO3. The second-order valence-electron chi connectivity index (χ2n) is 5.12. The first kappa shape index (κ1) is 13.7. The number of carbonyl (C=O) groups is 1. The van der Waals surface area contributed by atoms with Crippen LogP contribution in [0.3, 0.4) is 0 Å². The van der Waals surface area contributed by atoms with Gasteiger partial charge >= 0.3 is 0 Å². The van der Waals surface area contributed by atoms with E-state index in [9.17, 15) is 15.0 Å². The summed E-state index contributed by atoms with van der Waals surface area (Å²) in [6, 6.07) is 4.88. The quantitative estimate of drug-likeness (QED) is 0.633. The van der Waals surface area contributed by atoms with Crippen molar-refractivity contribution in [3.63, 3.8) is 0 Å². The first-order valence-corrected chi connectivity index (χ1v) is 6.95. The Morgan fingerprint density at radius 1 is 1.11 bits per heavy atom. The lowest BCUT2D eigenvalue weighted by Gasteiger charge is -2.14. The molecule has 1 amide bonds. The van der Waals surface area contributed by atoms with Crippen LogP contribution in [0.5, 0.6) is 11.5 Å². The fraction of sp³-hybridized carbons (Fsp3) is 0.533. The number of nitrogens with zero attached hydrogens (tertiary/aromatic N) is 1. The molecule has 2 N–H and O–H groups in total. The van der Waals surface area contributed by atoms with Crippen molar-refractivity contribution in [1.82, 2.24) is 4.90 Å². The molecule has 0 unspecified atom stereocenters. The van der Waals surface area contributed by atoms with Crippen LogP contribution < -0.4 is 0 Å². The van der Waals surface area contributed by atoms with Crippen LogP contribution in [0.1, 0.15) is 37.7 Å². The molecule has 1 heterocycles. The number of hydrogen-bond acceptors (Lipinski definition) is 3. The molecule has 104 valence electrons. The molecule has 0 spiro atoms. The summed E-state index contributed by atoms with van der Waals surface area (Å²) in [6.07, 6.45) is 5.50. The molecule has 1 saturated heterocycles. The lowest BCUT2D eigenvalue weighted by molar-refractivity contribution is -0.130. The monoisotopic (exact) mass is 263 g/mol. The zero-order valence-corrected chi connectivity index (χ0v) is 11.1. The predicted molar refractivity (Wildman–Crippen MR) is 73.1 cm³/mol. The summed E-state index contributed by atoms with van der Waals surface area (Å²) in [5.41, 5.74) is 0.990. The predicted octanol–water partition coefficient (Wildman–Crippen LogP) is 2.43. The van der Waals surface area contributed by atoms with Crippen molar-refractivity contribution in [2.45, 2.75) is 38.5 Å². The van der Waals surface area contributed by atoms with Crippen molar-refractivity contribution in [2.24, 2.45) is 0 Å². The maximum absolute atomic E-state index is 11.8. The Morgan fingerprint density at radius 3 is 2.53 bits per heavy atom. The number of carbonyl (C=O) groups excluding carboxylic acids is 1. The van der Waals surface area contributed by atoms with E-state index in [4.69, 9.17) is 0 Å². The fourth-order valence-electron chi connectivity index (χ4n) is 2.45. The molecule has 0 radical (unpaired) electrons. The van der Waals surface area contributed by atoms with E-state index in [-0.39, 0.29) is 17.4 Å². The van der Waals surface area contributed by atoms with Crippen LogP contribution in [-0.4, -0.2) is 34.1 Å². The van der Waals surface area contributed by atoms with Crippen LogP contribution in [0.4, 0.5) is 0 Å². The summed E-state index contributed by atoms with van der Waals surface area (Å²) in [6.45, 7) is 1.84. The van der Waals surface area contributed by atoms with Crippen LogP contribution in [0.25, 0.3) is 0 Å². The van der Waals surface area contributed by atoms with Crippen molar-refractivity contribution < 1.29 is 15.0 Å². The van der Waals surface area contributed by atoms with E-state index in [0.717, 1.165) is 50.8 Å². The van der Waals surface area contributed by atoms with Crippen LogP contribution in [0.15, 0.2) is 18.2 Å². The largest absolute Gasteiger partial charge is 0.504 e. The van der Waals surface area contributed by atoms with Crippen LogP contribution in [0, 0.1) is 0 Å². The molecule has 2 rings (SSSR count). The minimum Gasteiger partial charge on any atom is -0.504 e. The lowest BCUT2D eigenvalue weighted by Crippen LogP contribution is -2.27. The summed E-state index contributed by atoms with van der Waals surface area (Å²) in [5.74, 6) is 0.102. The number of benzene rings is 1. The third kappa shape index (κ3) is 3.88. The van der Waals surface area contributed by atoms with Gasteiger partial charge in [0.25, 0.3) is 0 Å². The fourth-order valence-corrected chi connectivity index (χ4v) is 2.45. The summed E-state index contributed by atoms with van der Waals surface area (Å²) in [5, 5.41) is 18.6. The third-order valence-corrected chi connectivity index (χ3v) is 3.60. The van der Waals surface area contributed by atoms with Crippen molar-refractivity contribution in [3.8, 4) is 11.5 Å². The van der Waals surface area contributed by atoms with E-state index in [0.29, 0.717) is 6.42 Å². The molecule has 0 aromatic heterocycles. The normalized spacial score (nSPS) is 14.8. The zero-order chi connectivity index (χ0) is 13.7. The Labute approximate surface area is 113 Å². The maximum atomic E-state index is 11.8. The molecule has 4 nitrogen and oxygen atoms in total. The van der Waals surface area contributed by atoms with Gasteiger partial charge in [-0.15, -0.1) is 0 Å². The number of unbranched alkanes of at least 4 members (excludes halogenated alkanes) is 1. The molecule has 1 fully saturated rings. The highest BCUT2D eigenvalue weighted by molar-refractivity contribution is 5.76. The molecule has 1 aliphatic heterocycles. The van der Waals surface area contributed by atoms with Gasteiger partial charge in [0, 0.05) is 19.5 Å². The van der Waals surface area contributed by atoms with E-state index < -0.39 is 0 Å². The maximum Gasteiger partial charge on any atom is 0.222 e. The average Bonchev–Trinajstić information content (AvgIpc) is 2.92. The van der Waals surface area contributed by atoms with E-state index in [1.165, 1.54) is 6.07 Å². The summed E-state index contributed by atoms with van der Waals surface area (Å²) >= 11 is 0. The van der Waals surface area contributed by atoms with E-state index in [1.54, 1.807) is 12.1 Å². The van der Waals surface area contributed by atoms with Crippen LogP contribution >= 0.6 is 0 Å². The minimum atomic E-state index is -0.0899. The smallest absolute Gasteiger partial charge is 0.222 e. The number of aryl methyl sites for hydroxylation is 1. The number of likely N-dealkylation sites (tertiary alicyclic amines) is 1. The van der Waals surface area contributed by atoms with Crippen molar-refractivity contribution in [1.29, 1.82) is 0 Å². The van der Waals surface area contributed by atoms with Gasteiger partial charge in [0.2, 0.25) is 5.91 Å². The van der Waals surface area contributed by atoms with Gasteiger partial charge in [-0.25, -0.2) is 0 Å². The number of phenols is 2. The lowest BCUT2D eigenvalue weighted by atomic mass is 10.1. The Morgan fingerprint density at radius 2 is 1.84 bits per heavy atom. The highest BCUT2D eigenvalue weighted by Gasteiger charge is 2.16. The Bertz CT molecular complexity index is 439. The van der Waals surface area contributed by atoms with E-state index >= 15 is 0 Å². The van der Waals surface area contributed by atoms with Crippen LogP contribution in [-0.2, 0) is 11.2 Å². The number of hydrogen-bond donors (Lipinski definition) is 2. The Kier molecular flexibility index (Phi) is 4.66. The van der Waals surface area contributed by atoms with Crippen molar-refractivity contribution >= 4 is 5.91 Å². The molecule has 1 aromatic rings. The van der Waals surface area contributed by atoms with Crippen molar-refractivity contribution in [3.05, 3.63) is 23.8 Å². The highest BCUT2D eigenvalue weighted by atomic mass is 16.3. The van der Waals surface area contributed by atoms with Gasteiger partial charge in [0.05, 0.1) is 0 Å². The highest BCUT2D eigenvalue weighted by Crippen LogP contribution is 2.25. The zero-order valence-electron chi connectivity index (χ0n) is 11.1. The standard InChI is InChI=1S/C15H21NO3/c17-13-8-7-12(11-14(13)18)5-1-2-6-15(19)16-9-3-4-10-16/h7-8,11,17-18H,1-6,9-10H2.